The molecule has 0 fully saturated rings. The Balaban J connectivity index is 1.78. The lowest BCUT2D eigenvalue weighted by atomic mass is 10.0. The molecule has 0 saturated heterocycles. The summed E-state index contributed by atoms with van der Waals surface area (Å²) in [6, 6.07) is 11.8. The average Bonchev–Trinajstić information content (AvgIpc) is 2.72. The molecular formula is C23H26N2O3S. The number of methoxy groups -OCH3 is 2. The van der Waals surface area contributed by atoms with E-state index in [1.807, 2.05) is 0 Å². The molecule has 1 amide bonds. The number of carbonyl (C=O) groups is 1. The first kappa shape index (κ1) is 21.0. The topological polar surface area (TPSA) is 60.5 Å². The van der Waals surface area contributed by atoms with Crippen molar-refractivity contribution in [2.24, 2.45) is 0 Å². The second kappa shape index (κ2) is 9.18. The predicted molar refractivity (Wildman–Crippen MR) is 119 cm³/mol. The van der Waals surface area contributed by atoms with Gasteiger partial charge in [0.2, 0.25) is 5.91 Å². The maximum absolute atomic E-state index is 12.6. The van der Waals surface area contributed by atoms with E-state index in [0.717, 1.165) is 27.9 Å². The van der Waals surface area contributed by atoms with Crippen LogP contribution in [0.2, 0.25) is 0 Å². The lowest BCUT2D eigenvalue weighted by Gasteiger charge is -2.13. The number of carbonyl (C=O) groups excluding carboxylic acids is 1. The molecule has 0 aliphatic rings. The van der Waals surface area contributed by atoms with E-state index < -0.39 is 0 Å². The van der Waals surface area contributed by atoms with E-state index >= 15 is 0 Å². The quantitative estimate of drug-likeness (QED) is 0.545. The van der Waals surface area contributed by atoms with Gasteiger partial charge in [0.25, 0.3) is 0 Å². The lowest BCUT2D eigenvalue weighted by molar-refractivity contribution is -0.113. The summed E-state index contributed by atoms with van der Waals surface area (Å²) in [4.78, 5) is 17.4. The van der Waals surface area contributed by atoms with Crippen LogP contribution in [0.15, 0.2) is 41.4 Å². The number of fused-ring (bicyclic) bond motifs is 1. The minimum Gasteiger partial charge on any atom is -0.497 e. The van der Waals surface area contributed by atoms with Crippen LogP contribution in [0, 0.1) is 13.8 Å². The molecule has 152 valence electrons. The van der Waals surface area contributed by atoms with Crippen molar-refractivity contribution in [3.8, 4) is 11.5 Å². The number of aryl methyl sites for hydroxylation is 3. The zero-order valence-electron chi connectivity index (χ0n) is 17.5. The Morgan fingerprint density at radius 2 is 1.83 bits per heavy atom. The molecule has 3 rings (SSSR count). The third kappa shape index (κ3) is 4.82. The summed E-state index contributed by atoms with van der Waals surface area (Å²) in [5.74, 6) is 1.39. The van der Waals surface area contributed by atoms with Gasteiger partial charge in [0.1, 0.15) is 16.5 Å². The van der Waals surface area contributed by atoms with Gasteiger partial charge in [-0.15, -0.1) is 0 Å². The van der Waals surface area contributed by atoms with Crippen LogP contribution < -0.4 is 14.8 Å². The number of hydrogen-bond acceptors (Lipinski definition) is 5. The van der Waals surface area contributed by atoms with Crippen LogP contribution in [-0.4, -0.2) is 30.9 Å². The van der Waals surface area contributed by atoms with Gasteiger partial charge in [-0.2, -0.15) is 0 Å². The summed E-state index contributed by atoms with van der Waals surface area (Å²) >= 11 is 1.45. The number of hydrogen-bond donors (Lipinski definition) is 1. The van der Waals surface area contributed by atoms with Gasteiger partial charge in [-0.25, -0.2) is 4.98 Å². The number of nitrogens with zero attached hydrogens (tertiary/aromatic N) is 1. The van der Waals surface area contributed by atoms with Crippen molar-refractivity contribution >= 4 is 34.3 Å². The average molecular weight is 411 g/mol. The van der Waals surface area contributed by atoms with Gasteiger partial charge < -0.3 is 14.8 Å². The van der Waals surface area contributed by atoms with E-state index in [-0.39, 0.29) is 11.7 Å². The maximum atomic E-state index is 12.6. The number of pyridine rings is 1. The molecule has 5 nitrogen and oxygen atoms in total. The summed E-state index contributed by atoms with van der Waals surface area (Å²) in [5, 5.41) is 4.94. The van der Waals surface area contributed by atoms with Crippen molar-refractivity contribution in [1.82, 2.24) is 4.98 Å². The maximum Gasteiger partial charge on any atom is 0.234 e. The highest BCUT2D eigenvalue weighted by molar-refractivity contribution is 8.00. The largest absolute Gasteiger partial charge is 0.497 e. The number of anilines is 1. The van der Waals surface area contributed by atoms with Crippen LogP contribution in [0.25, 0.3) is 10.9 Å². The van der Waals surface area contributed by atoms with Crippen LogP contribution in [0.3, 0.4) is 0 Å². The van der Waals surface area contributed by atoms with Gasteiger partial charge in [0.15, 0.2) is 0 Å². The van der Waals surface area contributed by atoms with E-state index in [9.17, 15) is 4.79 Å². The molecule has 0 radical (unpaired) electrons. The summed E-state index contributed by atoms with van der Waals surface area (Å²) in [7, 11) is 3.16. The van der Waals surface area contributed by atoms with Gasteiger partial charge >= 0.3 is 0 Å². The molecule has 0 bridgehead atoms. The number of ether oxygens (including phenoxy) is 2. The van der Waals surface area contributed by atoms with Crippen molar-refractivity contribution in [2.45, 2.75) is 32.2 Å². The molecule has 0 unspecified atom stereocenters. The number of amides is 1. The van der Waals surface area contributed by atoms with Gasteiger partial charge in [-0.05, 0) is 67.3 Å². The van der Waals surface area contributed by atoms with Crippen LogP contribution in [0.4, 0.5) is 5.69 Å². The van der Waals surface area contributed by atoms with Gasteiger partial charge in [-0.1, -0.05) is 18.7 Å². The van der Waals surface area contributed by atoms with E-state index in [1.54, 1.807) is 32.4 Å². The molecule has 0 saturated carbocycles. The summed E-state index contributed by atoms with van der Waals surface area (Å²) < 4.78 is 10.6. The lowest BCUT2D eigenvalue weighted by Crippen LogP contribution is -2.15. The first-order valence-corrected chi connectivity index (χ1v) is 10.5. The standard InChI is InChI=1S/C23H26N2O3S/c1-6-16-11-17-9-14(2)15(3)10-19(17)25-23(16)29-13-22(26)24-20-12-18(27-4)7-8-21(20)28-5/h7-12H,6,13H2,1-5H3,(H,24,26). The number of aromatic nitrogens is 1. The molecule has 0 aliphatic carbocycles. The second-order valence-corrected chi connectivity index (χ2v) is 7.80. The van der Waals surface area contributed by atoms with E-state index in [4.69, 9.17) is 14.5 Å². The fraction of sp³-hybridized carbons (Fsp3) is 0.304. The van der Waals surface area contributed by atoms with Crippen molar-refractivity contribution in [2.75, 3.05) is 25.3 Å². The first-order valence-electron chi connectivity index (χ1n) is 9.50. The highest BCUT2D eigenvalue weighted by Gasteiger charge is 2.13. The predicted octanol–water partition coefficient (Wildman–Crippen LogP) is 5.16. The molecule has 1 aromatic heterocycles. The molecule has 6 heteroatoms. The Bertz CT molecular complexity index is 1050. The highest BCUT2D eigenvalue weighted by atomic mass is 32.2. The summed E-state index contributed by atoms with van der Waals surface area (Å²) in [6.45, 7) is 6.31. The van der Waals surface area contributed by atoms with Crippen LogP contribution >= 0.6 is 11.8 Å². The molecule has 2 aromatic carbocycles. The first-order chi connectivity index (χ1) is 13.9. The van der Waals surface area contributed by atoms with Crippen molar-refractivity contribution < 1.29 is 14.3 Å². The number of nitrogens with one attached hydrogen (secondary N) is 1. The van der Waals surface area contributed by atoms with Crippen LogP contribution in [0.1, 0.15) is 23.6 Å². The molecular weight excluding hydrogens is 384 g/mol. The van der Waals surface area contributed by atoms with Gasteiger partial charge in [-0.3, -0.25) is 4.79 Å². The van der Waals surface area contributed by atoms with E-state index in [1.165, 1.54) is 22.9 Å². The molecule has 0 spiro atoms. The fourth-order valence-corrected chi connectivity index (χ4v) is 3.97. The fourth-order valence-electron chi connectivity index (χ4n) is 3.08. The Morgan fingerprint density at radius 1 is 1.07 bits per heavy atom. The molecule has 3 aromatic rings. The third-order valence-corrected chi connectivity index (χ3v) is 5.90. The van der Waals surface area contributed by atoms with Crippen LogP contribution in [-0.2, 0) is 11.2 Å². The Labute approximate surface area is 175 Å². The number of thioether (sulfide) groups is 1. The zero-order valence-corrected chi connectivity index (χ0v) is 18.3. The molecule has 0 atom stereocenters. The Morgan fingerprint density at radius 3 is 2.52 bits per heavy atom. The van der Waals surface area contributed by atoms with Gasteiger partial charge in [0.05, 0.1) is 31.2 Å². The smallest absolute Gasteiger partial charge is 0.234 e. The third-order valence-electron chi connectivity index (χ3n) is 4.87. The monoisotopic (exact) mass is 410 g/mol. The summed E-state index contributed by atoms with van der Waals surface area (Å²) in [5.41, 5.74) is 5.17. The molecule has 1 N–H and O–H groups in total. The molecule has 29 heavy (non-hydrogen) atoms. The van der Waals surface area contributed by atoms with E-state index in [0.29, 0.717) is 17.2 Å². The van der Waals surface area contributed by atoms with Crippen LogP contribution in [0.5, 0.6) is 11.5 Å². The molecule has 0 aliphatic heterocycles. The van der Waals surface area contributed by atoms with Crippen molar-refractivity contribution in [3.63, 3.8) is 0 Å². The Hall–Kier alpha value is -2.73. The number of rotatable bonds is 7. The zero-order chi connectivity index (χ0) is 21.0. The van der Waals surface area contributed by atoms with Crippen molar-refractivity contribution in [3.05, 3.63) is 53.1 Å². The SMILES string of the molecule is CCc1cc2cc(C)c(C)cc2nc1SCC(=O)Nc1cc(OC)ccc1OC. The molecule has 1 heterocycles. The highest BCUT2D eigenvalue weighted by Crippen LogP contribution is 2.30. The van der Waals surface area contributed by atoms with Crippen molar-refractivity contribution in [1.29, 1.82) is 0 Å². The summed E-state index contributed by atoms with van der Waals surface area (Å²) in [6.07, 6.45) is 0.865. The van der Waals surface area contributed by atoms with Gasteiger partial charge in [0, 0.05) is 11.5 Å². The minimum atomic E-state index is -0.120. The second-order valence-electron chi connectivity index (χ2n) is 6.84. The van der Waals surface area contributed by atoms with E-state index in [2.05, 4.69) is 44.3 Å². The number of benzene rings is 2. The normalized spacial score (nSPS) is 10.8. The Kier molecular flexibility index (Phi) is 6.64. The minimum absolute atomic E-state index is 0.120.